The summed E-state index contributed by atoms with van der Waals surface area (Å²) in [5.41, 5.74) is 22.6. The van der Waals surface area contributed by atoms with Crippen LogP contribution in [0.1, 0.15) is 159 Å². The van der Waals surface area contributed by atoms with Crippen LogP contribution in [0.15, 0.2) is 38.0 Å². The van der Waals surface area contributed by atoms with Crippen molar-refractivity contribution in [3.05, 3.63) is 60.2 Å². The Bertz CT molecular complexity index is 3890. The molecular formula is C60H85N15O16P2. The Morgan fingerprint density at radius 1 is 0.624 bits per heavy atom. The molecule has 1 aromatic carbocycles. The molecule has 2 unspecified atom stereocenters. The summed E-state index contributed by atoms with van der Waals surface area (Å²) in [5.74, 6) is 3.56. The monoisotopic (exact) mass is 1330 g/mol. The Kier molecular flexibility index (Phi) is 20.7. The summed E-state index contributed by atoms with van der Waals surface area (Å²) in [6.45, 7) is 15.7. The minimum absolute atomic E-state index is 0.0291. The highest BCUT2D eigenvalue weighted by Gasteiger charge is 2.48. The zero-order valence-electron chi connectivity index (χ0n) is 53.6. The van der Waals surface area contributed by atoms with Gasteiger partial charge >= 0.3 is 21.8 Å². The first-order valence-corrected chi connectivity index (χ1v) is 34.7. The number of rotatable bonds is 28. The number of fused-ring (bicyclic) bond motifs is 4. The number of nitrogen functional groups attached to an aromatic ring is 3. The molecule has 11 rings (SSSR count). The van der Waals surface area contributed by atoms with E-state index in [0.29, 0.717) is 11.7 Å². The molecule has 93 heavy (non-hydrogen) atoms. The second kappa shape index (κ2) is 28.4. The highest BCUT2D eigenvalue weighted by Crippen LogP contribution is 2.53. The van der Waals surface area contributed by atoms with E-state index in [9.17, 15) is 28.8 Å². The van der Waals surface area contributed by atoms with Crippen LogP contribution in [0.25, 0.3) is 33.5 Å². The smallest absolute Gasteiger partial charge is 0.487 e. The average Bonchev–Trinajstić information content (AvgIpc) is 1.66. The third kappa shape index (κ3) is 15.4. The summed E-state index contributed by atoms with van der Waals surface area (Å²) < 4.78 is 92.8. The van der Waals surface area contributed by atoms with Gasteiger partial charge in [0.15, 0.2) is 59.2 Å². The maximum atomic E-state index is 14.2. The van der Waals surface area contributed by atoms with Crippen LogP contribution in [-0.4, -0.2) is 142 Å². The molecule has 33 heteroatoms. The number of anilines is 3. The van der Waals surface area contributed by atoms with Gasteiger partial charge < -0.3 is 60.5 Å². The topological polar surface area (TPSA) is 413 Å². The first kappa shape index (κ1) is 67.8. The van der Waals surface area contributed by atoms with Crippen LogP contribution in [-0.2, 0) is 52.6 Å². The van der Waals surface area contributed by atoms with Crippen LogP contribution in [0, 0.1) is 38.5 Å². The maximum absolute atomic E-state index is 14.2. The fourth-order valence-corrected chi connectivity index (χ4v) is 15.0. The van der Waals surface area contributed by atoms with Gasteiger partial charge in [0.1, 0.15) is 64.8 Å². The molecule has 4 aliphatic heterocycles. The van der Waals surface area contributed by atoms with Crippen LogP contribution in [0.4, 0.5) is 22.2 Å². The number of carbonyl (C=O) groups excluding carboxylic acids is 1. The van der Waals surface area contributed by atoms with Crippen LogP contribution < -0.4 is 26.7 Å². The summed E-state index contributed by atoms with van der Waals surface area (Å²) in [5, 5.41) is 10.0. The molecule has 0 bridgehead atoms. The Morgan fingerprint density at radius 2 is 1.06 bits per heavy atom. The number of hydrogen-bond donors (Lipinski definition) is 6. The normalized spacial score (nSPS) is 26.0. The SMILES string of the molecule is Cc1c(C)c2c(c(C)c1OC(=O)O[C@@H]1C[C@@H](COP(=O)(O)O[C@@H]3C[C@@H](COP(=O)(O)O[C@@H]4C[C@@H](CO)O[C@H]4n4cnc5c(N)ncnc54)O[C@H]3n3cnc4c(N)ncnc43)O[C@H]1n1cnc3c(N)ncnc31)CC[C@@](C)(CCC[C@H](C)CCC[C@H](C)CCCC(C)C)O2. The summed E-state index contributed by atoms with van der Waals surface area (Å²) in [7, 11) is -10.1. The fraction of sp³-hybridized carbons (Fsp3) is 0.633. The van der Waals surface area contributed by atoms with Gasteiger partial charge in [0.25, 0.3) is 0 Å². The third-order valence-electron chi connectivity index (χ3n) is 18.3. The predicted octanol–water partition coefficient (Wildman–Crippen LogP) is 9.14. The number of aliphatic hydroxyl groups excluding tert-OH is 1. The Labute approximate surface area is 537 Å². The lowest BCUT2D eigenvalue weighted by atomic mass is 9.83. The van der Waals surface area contributed by atoms with Crippen molar-refractivity contribution in [1.29, 1.82) is 0 Å². The van der Waals surface area contributed by atoms with Crippen molar-refractivity contribution < 1.29 is 75.3 Å². The first-order valence-electron chi connectivity index (χ1n) is 31.7. The van der Waals surface area contributed by atoms with Gasteiger partial charge in [0.2, 0.25) is 0 Å². The Balaban J connectivity index is 0.737. The predicted molar refractivity (Wildman–Crippen MR) is 337 cm³/mol. The molecule has 9 N–H and O–H groups in total. The lowest BCUT2D eigenvalue weighted by molar-refractivity contribution is -0.0645. The van der Waals surface area contributed by atoms with E-state index in [4.69, 9.17) is 63.7 Å². The molecule has 0 spiro atoms. The fourth-order valence-electron chi connectivity index (χ4n) is 13.1. The lowest BCUT2D eigenvalue weighted by Crippen LogP contribution is -2.37. The number of benzene rings is 1. The molecule has 7 aromatic rings. The second-order valence-corrected chi connectivity index (χ2v) is 28.6. The van der Waals surface area contributed by atoms with Crippen molar-refractivity contribution in [2.75, 3.05) is 37.0 Å². The third-order valence-corrected chi connectivity index (χ3v) is 20.3. The molecule has 31 nitrogen and oxygen atoms in total. The van der Waals surface area contributed by atoms with Gasteiger partial charge in [-0.05, 0) is 87.8 Å². The largest absolute Gasteiger partial charge is 0.514 e. The van der Waals surface area contributed by atoms with E-state index in [-0.39, 0.29) is 75.8 Å². The zero-order chi connectivity index (χ0) is 66.1. The van der Waals surface area contributed by atoms with Crippen molar-refractivity contribution in [1.82, 2.24) is 58.6 Å². The number of imidazole rings is 3. The van der Waals surface area contributed by atoms with E-state index >= 15 is 0 Å². The van der Waals surface area contributed by atoms with E-state index in [0.717, 1.165) is 71.9 Å². The van der Waals surface area contributed by atoms with Crippen molar-refractivity contribution in [2.45, 2.75) is 206 Å². The molecule has 6 aromatic heterocycles. The van der Waals surface area contributed by atoms with Gasteiger partial charge in [0.05, 0.1) is 57.1 Å². The molecule has 3 saturated heterocycles. The molecule has 0 aliphatic carbocycles. The molecule has 0 radical (unpaired) electrons. The van der Waals surface area contributed by atoms with E-state index in [1.807, 2.05) is 20.8 Å². The number of aromatic nitrogens is 12. The standard InChI is InChI=1S/C60H85N15O16P2/c1-32(2)12-9-13-33(3)14-10-15-34(4)16-11-18-60(8)19-17-41-37(7)48(35(5)36(6)49(41)89-60)88-59(77)87-42-21-39(85-56(42)73-29-70-45-50(61)64-26-67-53(45)73)24-82-93(80,81)91-44-22-40(86-58(44)75-31-72-47-52(63)66-28-69-55(47)75)25-83-92(78,79)90-43-20-38(23-76)84-57(43)74-30-71-46-51(62)65-27-68-54(46)74/h26-34,38-40,42-44,56-58,76H,9-25H2,1-8H3,(H,78,79)(H,80,81)(H2,61,64,67)(H2,62,65,68)(H2,63,66,69)/t33-,34-,38+,39+,40+,42-,43-,44-,56-,57-,58-,60-/m1/s1. The number of nitrogens with two attached hydrogens (primary N) is 3. The van der Waals surface area contributed by atoms with Crippen LogP contribution in [0.2, 0.25) is 0 Å². The zero-order valence-corrected chi connectivity index (χ0v) is 55.3. The quantitative estimate of drug-likeness (QED) is 0.0151. The minimum Gasteiger partial charge on any atom is -0.487 e. The molecule has 506 valence electrons. The molecule has 3 fully saturated rings. The second-order valence-electron chi connectivity index (χ2n) is 25.8. The first-order chi connectivity index (χ1) is 44.4. The van der Waals surface area contributed by atoms with Gasteiger partial charge in [0, 0.05) is 24.8 Å². The number of hydrogen-bond acceptors (Lipinski definition) is 26. The molecule has 0 saturated carbocycles. The van der Waals surface area contributed by atoms with E-state index in [1.165, 1.54) is 90.2 Å². The van der Waals surface area contributed by atoms with Gasteiger partial charge in [-0.1, -0.05) is 72.6 Å². The number of ether oxygens (including phenoxy) is 6. The van der Waals surface area contributed by atoms with E-state index in [2.05, 4.69) is 79.5 Å². The number of nitrogens with zero attached hydrogens (tertiary/aromatic N) is 12. The summed E-state index contributed by atoms with van der Waals surface area (Å²) in [4.78, 5) is 74.7. The summed E-state index contributed by atoms with van der Waals surface area (Å²) in [6, 6.07) is 0. The Morgan fingerprint density at radius 3 is 1.55 bits per heavy atom. The highest BCUT2D eigenvalue weighted by molar-refractivity contribution is 7.47. The van der Waals surface area contributed by atoms with E-state index in [1.54, 1.807) is 0 Å². The molecular weight excluding hydrogens is 1250 g/mol. The maximum Gasteiger partial charge on any atom is 0.514 e. The van der Waals surface area contributed by atoms with Crippen molar-refractivity contribution in [3.8, 4) is 11.5 Å². The van der Waals surface area contributed by atoms with Gasteiger partial charge in [-0.25, -0.2) is 58.8 Å². The Hall–Kier alpha value is -6.60. The van der Waals surface area contributed by atoms with Crippen molar-refractivity contribution >= 4 is 72.7 Å². The number of phosphoric ester groups is 2. The van der Waals surface area contributed by atoms with Crippen LogP contribution >= 0.6 is 15.6 Å². The molecule has 4 aliphatic rings. The summed E-state index contributed by atoms with van der Waals surface area (Å²) in [6.07, 6.45) is 8.69. The van der Waals surface area contributed by atoms with Gasteiger partial charge in [-0.15, -0.1) is 0 Å². The van der Waals surface area contributed by atoms with Crippen LogP contribution in [0.3, 0.4) is 0 Å². The molecule has 0 amide bonds. The number of aliphatic hydroxyl groups is 1. The van der Waals surface area contributed by atoms with E-state index < -0.39 is 96.9 Å². The van der Waals surface area contributed by atoms with Gasteiger partial charge in [-0.2, -0.15) is 0 Å². The lowest BCUT2D eigenvalue weighted by Gasteiger charge is -2.38. The average molecular weight is 1330 g/mol. The highest BCUT2D eigenvalue weighted by atomic mass is 31.2. The number of phosphoric acid groups is 2. The van der Waals surface area contributed by atoms with Crippen molar-refractivity contribution in [3.63, 3.8) is 0 Å². The summed E-state index contributed by atoms with van der Waals surface area (Å²) >= 11 is 0. The molecule has 14 atom stereocenters. The van der Waals surface area contributed by atoms with Gasteiger partial charge in [-0.3, -0.25) is 31.8 Å². The minimum atomic E-state index is -5.12. The van der Waals surface area contributed by atoms with Crippen molar-refractivity contribution in [2.24, 2.45) is 17.8 Å². The van der Waals surface area contributed by atoms with Crippen LogP contribution in [0.5, 0.6) is 11.5 Å². The number of carbonyl (C=O) groups is 1. The molecule has 10 heterocycles.